The topological polar surface area (TPSA) is 83.6 Å². The third-order valence-electron chi connectivity index (χ3n) is 3.88. The van der Waals surface area contributed by atoms with E-state index in [1.165, 1.54) is 0 Å². The van der Waals surface area contributed by atoms with Gasteiger partial charge in [-0.2, -0.15) is 10.3 Å². The van der Waals surface area contributed by atoms with Crippen LogP contribution in [0.2, 0.25) is 0 Å². The fraction of sp³-hybridized carbons (Fsp3) is 0.294. The molecule has 124 valence electrons. The van der Waals surface area contributed by atoms with Gasteiger partial charge in [-0.3, -0.25) is 9.78 Å². The minimum absolute atomic E-state index is 0.0608. The highest BCUT2D eigenvalue weighted by molar-refractivity contribution is 7.99. The average Bonchev–Trinajstić information content (AvgIpc) is 3.06. The maximum absolute atomic E-state index is 12.7. The molecule has 0 saturated carbocycles. The van der Waals surface area contributed by atoms with Crippen molar-refractivity contribution in [2.45, 2.75) is 25.8 Å². The molecule has 0 spiro atoms. The van der Waals surface area contributed by atoms with E-state index in [2.05, 4.69) is 25.7 Å². The maximum Gasteiger partial charge on any atom is 0.252 e. The van der Waals surface area contributed by atoms with Crippen LogP contribution in [0.5, 0.6) is 0 Å². The number of aromatic amines is 1. The Balaban J connectivity index is 1.78. The van der Waals surface area contributed by atoms with Crippen molar-refractivity contribution in [3.63, 3.8) is 0 Å². The Morgan fingerprint density at radius 2 is 2.12 bits per heavy atom. The fourth-order valence-electron chi connectivity index (χ4n) is 2.56. The second kappa shape index (κ2) is 7.00. The van der Waals surface area contributed by atoms with Crippen molar-refractivity contribution in [3.05, 3.63) is 46.8 Å². The predicted octanol–water partition coefficient (Wildman–Crippen LogP) is 2.80. The molecule has 3 rings (SSSR count). The summed E-state index contributed by atoms with van der Waals surface area (Å²) >= 11 is 1.55. The lowest BCUT2D eigenvalue weighted by atomic mass is 9.99. The summed E-state index contributed by atoms with van der Waals surface area (Å²) in [4.78, 5) is 17.3. The van der Waals surface area contributed by atoms with Gasteiger partial charge in [-0.25, -0.2) is 0 Å². The molecule has 7 heteroatoms. The van der Waals surface area contributed by atoms with Crippen LogP contribution in [0.1, 0.15) is 27.2 Å². The first-order valence-corrected chi connectivity index (χ1v) is 8.69. The number of benzene rings is 1. The molecular weight excluding hydrogens is 322 g/mol. The van der Waals surface area contributed by atoms with Crippen LogP contribution in [-0.2, 0) is 0 Å². The van der Waals surface area contributed by atoms with Gasteiger partial charge in [0.15, 0.2) is 0 Å². The van der Waals surface area contributed by atoms with E-state index in [1.54, 1.807) is 18.0 Å². The first kappa shape index (κ1) is 16.4. The summed E-state index contributed by atoms with van der Waals surface area (Å²) in [7, 11) is 0. The second-order valence-corrected chi connectivity index (χ2v) is 6.75. The zero-order valence-electron chi connectivity index (χ0n) is 13.9. The highest BCUT2D eigenvalue weighted by Gasteiger charge is 2.16. The van der Waals surface area contributed by atoms with Crippen molar-refractivity contribution in [2.24, 2.45) is 0 Å². The summed E-state index contributed by atoms with van der Waals surface area (Å²) in [5.41, 5.74) is 4.49. The summed E-state index contributed by atoms with van der Waals surface area (Å²) in [5.74, 6) is 0.674. The van der Waals surface area contributed by atoms with Crippen molar-refractivity contribution in [1.82, 2.24) is 25.7 Å². The number of fused-ring (bicyclic) bond motifs is 1. The van der Waals surface area contributed by atoms with Crippen LogP contribution in [-0.4, -0.2) is 38.6 Å². The Bertz CT molecular complexity index is 876. The van der Waals surface area contributed by atoms with Crippen molar-refractivity contribution in [3.8, 4) is 0 Å². The second-order valence-electron chi connectivity index (χ2n) is 5.63. The number of pyridine rings is 1. The number of rotatable bonds is 5. The van der Waals surface area contributed by atoms with Crippen LogP contribution in [0.4, 0.5) is 0 Å². The number of nitrogens with zero attached hydrogens (tertiary/aromatic N) is 3. The van der Waals surface area contributed by atoms with Crippen molar-refractivity contribution >= 4 is 28.6 Å². The quantitative estimate of drug-likeness (QED) is 0.551. The van der Waals surface area contributed by atoms with Crippen LogP contribution < -0.4 is 5.32 Å². The van der Waals surface area contributed by atoms with Gasteiger partial charge in [0.25, 0.3) is 5.91 Å². The SMILES string of the molecule is Cc1ccc2nc(C)c(C)c(C(=O)NCCSc3cn[nH]n3)c2c1. The average molecular weight is 341 g/mol. The Morgan fingerprint density at radius 3 is 2.88 bits per heavy atom. The van der Waals surface area contributed by atoms with Crippen LogP contribution in [0.25, 0.3) is 10.9 Å². The van der Waals surface area contributed by atoms with Crippen LogP contribution in [0.15, 0.2) is 29.4 Å². The number of thioether (sulfide) groups is 1. The van der Waals surface area contributed by atoms with Gasteiger partial charge in [0.05, 0.1) is 17.3 Å². The zero-order chi connectivity index (χ0) is 17.1. The molecule has 0 unspecified atom stereocenters. The van der Waals surface area contributed by atoms with Gasteiger partial charge in [0, 0.05) is 23.4 Å². The fourth-order valence-corrected chi connectivity index (χ4v) is 3.20. The lowest BCUT2D eigenvalue weighted by molar-refractivity contribution is 0.0957. The van der Waals surface area contributed by atoms with Crippen LogP contribution in [0, 0.1) is 20.8 Å². The molecular formula is C17H19N5OS. The highest BCUT2D eigenvalue weighted by Crippen LogP contribution is 2.24. The maximum atomic E-state index is 12.7. The molecule has 6 nitrogen and oxygen atoms in total. The molecule has 3 aromatic rings. The number of nitrogens with one attached hydrogen (secondary N) is 2. The molecule has 1 amide bonds. The number of H-pyrrole nitrogens is 1. The van der Waals surface area contributed by atoms with Gasteiger partial charge < -0.3 is 5.32 Å². The van der Waals surface area contributed by atoms with Gasteiger partial charge in [-0.1, -0.05) is 11.6 Å². The van der Waals surface area contributed by atoms with Gasteiger partial charge >= 0.3 is 0 Å². The van der Waals surface area contributed by atoms with E-state index in [9.17, 15) is 4.79 Å². The highest BCUT2D eigenvalue weighted by atomic mass is 32.2. The molecule has 0 atom stereocenters. The van der Waals surface area contributed by atoms with Gasteiger partial charge in [0.1, 0.15) is 5.03 Å². The third kappa shape index (κ3) is 3.41. The molecule has 2 aromatic heterocycles. The molecule has 0 radical (unpaired) electrons. The molecule has 1 aromatic carbocycles. The number of amides is 1. The lowest BCUT2D eigenvalue weighted by Gasteiger charge is -2.13. The molecule has 24 heavy (non-hydrogen) atoms. The smallest absolute Gasteiger partial charge is 0.252 e. The summed E-state index contributed by atoms with van der Waals surface area (Å²) in [5, 5.41) is 15.0. The summed E-state index contributed by atoms with van der Waals surface area (Å²) in [6.07, 6.45) is 1.67. The van der Waals surface area contributed by atoms with E-state index in [0.717, 1.165) is 38.5 Å². The largest absolute Gasteiger partial charge is 0.351 e. The molecule has 0 aliphatic heterocycles. The van der Waals surface area contributed by atoms with E-state index in [4.69, 9.17) is 0 Å². The monoisotopic (exact) mass is 341 g/mol. The van der Waals surface area contributed by atoms with Gasteiger partial charge in [-0.15, -0.1) is 16.9 Å². The van der Waals surface area contributed by atoms with E-state index < -0.39 is 0 Å². The van der Waals surface area contributed by atoms with Crippen molar-refractivity contribution < 1.29 is 4.79 Å². The number of aryl methyl sites for hydroxylation is 2. The molecule has 0 bridgehead atoms. The molecule has 0 aliphatic rings. The zero-order valence-corrected chi connectivity index (χ0v) is 14.7. The first-order valence-electron chi connectivity index (χ1n) is 7.70. The summed E-state index contributed by atoms with van der Waals surface area (Å²) in [6, 6.07) is 6.00. The van der Waals surface area contributed by atoms with E-state index in [0.29, 0.717) is 12.1 Å². The number of hydrogen-bond acceptors (Lipinski definition) is 5. The van der Waals surface area contributed by atoms with E-state index in [1.807, 2.05) is 39.0 Å². The minimum atomic E-state index is -0.0608. The molecule has 2 N–H and O–H groups in total. The summed E-state index contributed by atoms with van der Waals surface area (Å²) < 4.78 is 0. The van der Waals surface area contributed by atoms with Crippen LogP contribution in [0.3, 0.4) is 0 Å². The minimum Gasteiger partial charge on any atom is -0.351 e. The number of carbonyl (C=O) groups is 1. The standard InChI is InChI=1S/C17H19N5OS/c1-10-4-5-14-13(8-10)16(11(2)12(3)20-14)17(23)18-6-7-24-15-9-19-22-21-15/h4-5,8-9H,6-7H2,1-3H3,(H,18,23)(H,19,21,22). The molecule has 0 saturated heterocycles. The van der Waals surface area contributed by atoms with Crippen molar-refractivity contribution in [1.29, 1.82) is 0 Å². The van der Waals surface area contributed by atoms with E-state index in [-0.39, 0.29) is 5.91 Å². The van der Waals surface area contributed by atoms with Crippen molar-refractivity contribution in [2.75, 3.05) is 12.3 Å². The number of carbonyl (C=O) groups excluding carboxylic acids is 1. The number of aromatic nitrogens is 4. The Labute approximate surface area is 144 Å². The Kier molecular flexibility index (Phi) is 4.80. The number of hydrogen-bond donors (Lipinski definition) is 2. The normalized spacial score (nSPS) is 11.0. The summed E-state index contributed by atoms with van der Waals surface area (Å²) in [6.45, 7) is 6.46. The first-order chi connectivity index (χ1) is 11.6. The molecule has 0 fully saturated rings. The third-order valence-corrected chi connectivity index (χ3v) is 4.79. The van der Waals surface area contributed by atoms with E-state index >= 15 is 0 Å². The lowest BCUT2D eigenvalue weighted by Crippen LogP contribution is -2.27. The molecule has 2 heterocycles. The molecule has 0 aliphatic carbocycles. The van der Waals surface area contributed by atoms with Crippen LogP contribution >= 0.6 is 11.8 Å². The predicted molar refractivity (Wildman–Crippen MR) is 95.4 cm³/mol. The van der Waals surface area contributed by atoms with Gasteiger partial charge in [0.2, 0.25) is 0 Å². The Hall–Kier alpha value is -2.41. The van der Waals surface area contributed by atoms with Gasteiger partial charge in [-0.05, 0) is 38.5 Å². The Morgan fingerprint density at radius 1 is 1.29 bits per heavy atom.